The van der Waals surface area contributed by atoms with Crippen molar-refractivity contribution in [1.29, 1.82) is 0 Å². The van der Waals surface area contributed by atoms with Crippen LogP contribution in [0.2, 0.25) is 0 Å². The highest BCUT2D eigenvalue weighted by molar-refractivity contribution is 5.91. The Labute approximate surface area is 304 Å². The third-order valence-corrected chi connectivity index (χ3v) is 10.5. The standard InChI is InChI=1S/C21H24FNO4.C20H24FNO3/c1-25-13-21(8-4-5-9-21)17-10-14(20(24)27-3)6-7-15(17)16-11-19(26-2)23-12-18(16)22;1-24-13-20(7-3-4-8-20)17-9-14(12-23)5-6-15(17)16-10-19(25-2)22-11-18(16)21/h6-7,10-12H,4-5,8-9,13H2,1-3H3;5-6,9-11,23H,3-4,7-8,12-13H2,1-2H3. The number of benzene rings is 2. The summed E-state index contributed by atoms with van der Waals surface area (Å²) in [6.07, 6.45) is 10.5. The number of hydrogen-bond acceptors (Lipinski definition) is 9. The van der Waals surface area contributed by atoms with Crippen molar-refractivity contribution in [3.63, 3.8) is 0 Å². The first-order chi connectivity index (χ1) is 25.2. The van der Waals surface area contributed by atoms with E-state index in [1.165, 1.54) is 27.5 Å². The van der Waals surface area contributed by atoms with Crippen molar-refractivity contribution in [2.45, 2.75) is 68.8 Å². The van der Waals surface area contributed by atoms with E-state index in [-0.39, 0.29) is 23.3 Å². The van der Waals surface area contributed by atoms with E-state index in [1.54, 1.807) is 38.5 Å². The predicted molar refractivity (Wildman–Crippen MR) is 194 cm³/mol. The van der Waals surface area contributed by atoms with Crippen molar-refractivity contribution in [3.05, 3.63) is 94.8 Å². The van der Waals surface area contributed by atoms with Gasteiger partial charge in [0.25, 0.3) is 0 Å². The molecule has 0 aliphatic heterocycles. The molecular formula is C41H48F2N2O7. The lowest BCUT2D eigenvalue weighted by Crippen LogP contribution is -2.29. The Morgan fingerprint density at radius 2 is 1.13 bits per heavy atom. The van der Waals surface area contributed by atoms with E-state index in [0.29, 0.717) is 41.7 Å². The summed E-state index contributed by atoms with van der Waals surface area (Å²) < 4.78 is 55.5. The van der Waals surface area contributed by atoms with Gasteiger partial charge in [-0.1, -0.05) is 49.9 Å². The molecule has 0 spiro atoms. The monoisotopic (exact) mass is 718 g/mol. The zero-order chi connectivity index (χ0) is 37.3. The number of hydrogen-bond donors (Lipinski definition) is 1. The largest absolute Gasteiger partial charge is 0.481 e. The smallest absolute Gasteiger partial charge is 0.337 e. The predicted octanol–water partition coefficient (Wildman–Crippen LogP) is 7.99. The first-order valence-corrected chi connectivity index (χ1v) is 17.5. The quantitative estimate of drug-likeness (QED) is 0.146. The zero-order valence-corrected chi connectivity index (χ0v) is 30.6. The van der Waals surface area contributed by atoms with Gasteiger partial charge in [-0.3, -0.25) is 0 Å². The Morgan fingerprint density at radius 1 is 0.673 bits per heavy atom. The van der Waals surface area contributed by atoms with E-state index in [4.69, 9.17) is 23.7 Å². The maximum Gasteiger partial charge on any atom is 0.337 e. The molecule has 2 aliphatic carbocycles. The lowest BCUT2D eigenvalue weighted by molar-refractivity contribution is 0.0600. The van der Waals surface area contributed by atoms with Crippen molar-refractivity contribution in [2.75, 3.05) is 48.8 Å². The molecule has 52 heavy (non-hydrogen) atoms. The minimum atomic E-state index is -0.437. The Bertz CT molecular complexity index is 1840. The molecular weight excluding hydrogens is 670 g/mol. The van der Waals surface area contributed by atoms with Crippen LogP contribution < -0.4 is 9.47 Å². The number of nitrogens with zero attached hydrogens (tertiary/aromatic N) is 2. The Hall–Kier alpha value is -4.45. The molecule has 0 radical (unpaired) electrons. The first kappa shape index (κ1) is 38.8. The molecule has 0 atom stereocenters. The number of rotatable bonds is 12. The van der Waals surface area contributed by atoms with Crippen LogP contribution in [0.15, 0.2) is 60.9 Å². The van der Waals surface area contributed by atoms with Gasteiger partial charge in [0.15, 0.2) is 0 Å². The molecule has 9 nitrogen and oxygen atoms in total. The van der Waals surface area contributed by atoms with Gasteiger partial charge in [0.1, 0.15) is 11.6 Å². The molecule has 2 saturated carbocycles. The molecule has 2 heterocycles. The first-order valence-electron chi connectivity index (χ1n) is 17.5. The summed E-state index contributed by atoms with van der Waals surface area (Å²) in [4.78, 5) is 20.0. The molecule has 2 aromatic heterocycles. The van der Waals surface area contributed by atoms with E-state index in [1.807, 2.05) is 24.3 Å². The van der Waals surface area contributed by atoms with Crippen LogP contribution in [-0.4, -0.2) is 69.8 Å². The molecule has 278 valence electrons. The van der Waals surface area contributed by atoms with Crippen LogP contribution in [0.5, 0.6) is 11.8 Å². The summed E-state index contributed by atoms with van der Waals surface area (Å²) in [6, 6.07) is 14.2. The number of methoxy groups -OCH3 is 5. The molecule has 1 N–H and O–H groups in total. The van der Waals surface area contributed by atoms with Crippen LogP contribution in [0.3, 0.4) is 0 Å². The van der Waals surface area contributed by atoms with Crippen molar-refractivity contribution in [1.82, 2.24) is 9.97 Å². The number of aliphatic hydroxyl groups is 1. The Balaban J connectivity index is 0.000000202. The molecule has 6 rings (SSSR count). The number of pyridine rings is 2. The second-order valence-corrected chi connectivity index (χ2v) is 13.5. The fourth-order valence-corrected chi connectivity index (χ4v) is 7.94. The topological polar surface area (TPSA) is 109 Å². The fourth-order valence-electron chi connectivity index (χ4n) is 7.94. The summed E-state index contributed by atoms with van der Waals surface area (Å²) in [6.45, 7) is 1.05. The number of ether oxygens (including phenoxy) is 5. The van der Waals surface area contributed by atoms with Gasteiger partial charge in [-0.25, -0.2) is 23.5 Å². The molecule has 2 aromatic carbocycles. The summed E-state index contributed by atoms with van der Waals surface area (Å²) in [7, 11) is 7.73. The van der Waals surface area contributed by atoms with Crippen LogP contribution in [0.25, 0.3) is 22.3 Å². The van der Waals surface area contributed by atoms with Crippen LogP contribution in [0.1, 0.15) is 78.4 Å². The second kappa shape index (κ2) is 17.4. The van der Waals surface area contributed by atoms with Gasteiger partial charge in [0.2, 0.25) is 11.8 Å². The average Bonchev–Trinajstić information content (AvgIpc) is 3.86. The maximum absolute atomic E-state index is 14.7. The summed E-state index contributed by atoms with van der Waals surface area (Å²) >= 11 is 0. The van der Waals surface area contributed by atoms with E-state index in [9.17, 15) is 18.7 Å². The van der Waals surface area contributed by atoms with Crippen LogP contribution in [0.4, 0.5) is 8.78 Å². The van der Waals surface area contributed by atoms with E-state index >= 15 is 0 Å². The Kier molecular flexibility index (Phi) is 13.0. The third kappa shape index (κ3) is 8.11. The van der Waals surface area contributed by atoms with Gasteiger partial charge in [-0.15, -0.1) is 0 Å². The highest BCUT2D eigenvalue weighted by Crippen LogP contribution is 2.47. The Morgan fingerprint density at radius 3 is 1.56 bits per heavy atom. The van der Waals surface area contributed by atoms with E-state index < -0.39 is 11.8 Å². The maximum atomic E-state index is 14.7. The van der Waals surface area contributed by atoms with Gasteiger partial charge in [0, 0.05) is 48.3 Å². The molecule has 4 aromatic rings. The van der Waals surface area contributed by atoms with E-state index in [2.05, 4.69) is 9.97 Å². The van der Waals surface area contributed by atoms with Crippen molar-refractivity contribution >= 4 is 5.97 Å². The fraction of sp³-hybridized carbons (Fsp3) is 0.439. The van der Waals surface area contributed by atoms with Crippen LogP contribution >= 0.6 is 0 Å². The number of halogens is 2. The van der Waals surface area contributed by atoms with Gasteiger partial charge in [0.05, 0.1) is 59.1 Å². The molecule has 0 unspecified atom stereocenters. The van der Waals surface area contributed by atoms with Crippen molar-refractivity contribution in [3.8, 4) is 34.0 Å². The highest BCUT2D eigenvalue weighted by Gasteiger charge is 2.39. The minimum Gasteiger partial charge on any atom is -0.481 e. The number of aromatic nitrogens is 2. The number of carbonyl (C=O) groups excluding carboxylic acids is 1. The highest BCUT2D eigenvalue weighted by atomic mass is 19.1. The van der Waals surface area contributed by atoms with E-state index in [0.717, 1.165) is 85.4 Å². The van der Waals surface area contributed by atoms with Gasteiger partial charge < -0.3 is 28.8 Å². The summed E-state index contributed by atoms with van der Waals surface area (Å²) in [5.41, 5.74) is 5.18. The molecule has 0 amide bonds. The number of aliphatic hydroxyl groups excluding tert-OH is 1. The van der Waals surface area contributed by atoms with Crippen molar-refractivity contribution in [2.24, 2.45) is 0 Å². The molecule has 0 bridgehead atoms. The van der Waals surface area contributed by atoms with Gasteiger partial charge in [-0.2, -0.15) is 0 Å². The molecule has 2 aliphatic rings. The lowest BCUT2D eigenvalue weighted by atomic mass is 9.75. The van der Waals surface area contributed by atoms with Crippen LogP contribution in [0, 0.1) is 11.6 Å². The number of carbonyl (C=O) groups is 1. The molecule has 11 heteroatoms. The lowest BCUT2D eigenvalue weighted by Gasteiger charge is -2.31. The number of esters is 1. The third-order valence-electron chi connectivity index (χ3n) is 10.5. The van der Waals surface area contributed by atoms with Gasteiger partial charge >= 0.3 is 5.97 Å². The average molecular weight is 719 g/mol. The normalized spacial score (nSPS) is 15.8. The minimum absolute atomic E-state index is 0.0432. The second-order valence-electron chi connectivity index (χ2n) is 13.5. The van der Waals surface area contributed by atoms with Gasteiger partial charge in [-0.05, 0) is 65.6 Å². The van der Waals surface area contributed by atoms with Crippen molar-refractivity contribution < 1.29 is 42.4 Å². The SMILES string of the molecule is COCC1(c2cc(C(=O)OC)ccc2-c2cc(OC)ncc2F)CCCC1.COCC1(c2cc(CO)ccc2-c2cc(OC)ncc2F)CCCC1. The van der Waals surface area contributed by atoms with Crippen LogP contribution in [-0.2, 0) is 31.6 Å². The summed E-state index contributed by atoms with van der Waals surface area (Å²) in [5, 5.41) is 9.58. The zero-order valence-electron chi connectivity index (χ0n) is 30.6. The summed E-state index contributed by atoms with van der Waals surface area (Å²) in [5.74, 6) is -0.527. The molecule has 2 fully saturated rings. The molecule has 0 saturated heterocycles.